The zero-order valence-electron chi connectivity index (χ0n) is 11.8. The van der Waals surface area contributed by atoms with Crippen molar-refractivity contribution in [2.24, 2.45) is 5.92 Å². The first-order chi connectivity index (χ1) is 9.63. The SMILES string of the molecule is Cc1ccc(CC(=O)NCC(O)COCC2CC2)cn1. The Morgan fingerprint density at radius 3 is 3.00 bits per heavy atom. The molecule has 1 aliphatic rings. The van der Waals surface area contributed by atoms with Crippen LogP contribution in [0.5, 0.6) is 0 Å². The molecular weight excluding hydrogens is 256 g/mol. The number of ether oxygens (including phenoxy) is 1. The van der Waals surface area contributed by atoms with E-state index in [0.717, 1.165) is 17.9 Å². The van der Waals surface area contributed by atoms with Crippen molar-refractivity contribution in [2.45, 2.75) is 32.3 Å². The molecule has 0 saturated heterocycles. The highest BCUT2D eigenvalue weighted by Crippen LogP contribution is 2.28. The van der Waals surface area contributed by atoms with E-state index in [-0.39, 0.29) is 25.5 Å². The predicted molar refractivity (Wildman–Crippen MR) is 75.2 cm³/mol. The number of aromatic nitrogens is 1. The minimum atomic E-state index is -0.645. The maximum atomic E-state index is 11.7. The molecule has 110 valence electrons. The largest absolute Gasteiger partial charge is 0.389 e. The molecule has 0 bridgehead atoms. The van der Waals surface area contributed by atoms with Gasteiger partial charge in [0.15, 0.2) is 0 Å². The Morgan fingerprint density at radius 2 is 2.35 bits per heavy atom. The maximum absolute atomic E-state index is 11.7. The van der Waals surface area contributed by atoms with Crippen LogP contribution >= 0.6 is 0 Å². The topological polar surface area (TPSA) is 71.5 Å². The lowest BCUT2D eigenvalue weighted by Crippen LogP contribution is -2.35. The highest BCUT2D eigenvalue weighted by Gasteiger charge is 2.21. The van der Waals surface area contributed by atoms with Crippen LogP contribution in [0.25, 0.3) is 0 Å². The number of hydrogen-bond donors (Lipinski definition) is 2. The van der Waals surface area contributed by atoms with E-state index >= 15 is 0 Å². The highest BCUT2D eigenvalue weighted by atomic mass is 16.5. The molecular formula is C15H22N2O3. The summed E-state index contributed by atoms with van der Waals surface area (Å²) >= 11 is 0. The Kier molecular flexibility index (Phi) is 5.49. The molecule has 1 aromatic rings. The predicted octanol–water partition coefficient (Wildman–Crippen LogP) is 0.836. The molecule has 1 amide bonds. The van der Waals surface area contributed by atoms with E-state index in [1.54, 1.807) is 6.20 Å². The van der Waals surface area contributed by atoms with Gasteiger partial charge in [0.2, 0.25) is 5.91 Å². The lowest BCUT2D eigenvalue weighted by Gasteiger charge is -2.12. The van der Waals surface area contributed by atoms with Crippen LogP contribution in [-0.4, -0.2) is 41.9 Å². The van der Waals surface area contributed by atoms with Crippen LogP contribution in [0.1, 0.15) is 24.1 Å². The summed E-state index contributed by atoms with van der Waals surface area (Å²) in [7, 11) is 0. The van der Waals surface area contributed by atoms with Crippen molar-refractivity contribution in [2.75, 3.05) is 19.8 Å². The van der Waals surface area contributed by atoms with Gasteiger partial charge in [0, 0.05) is 25.0 Å². The molecule has 1 unspecified atom stereocenters. The molecule has 0 radical (unpaired) electrons. The first-order valence-electron chi connectivity index (χ1n) is 7.07. The molecule has 5 heteroatoms. The molecule has 1 atom stereocenters. The van der Waals surface area contributed by atoms with Crippen LogP contribution < -0.4 is 5.32 Å². The molecule has 20 heavy (non-hydrogen) atoms. The Bertz CT molecular complexity index is 429. The molecule has 1 heterocycles. The van der Waals surface area contributed by atoms with Crippen LogP contribution in [0.2, 0.25) is 0 Å². The normalized spacial score (nSPS) is 15.9. The summed E-state index contributed by atoms with van der Waals surface area (Å²) in [4.78, 5) is 15.8. The molecule has 1 aliphatic carbocycles. The van der Waals surface area contributed by atoms with E-state index in [4.69, 9.17) is 4.74 Å². The van der Waals surface area contributed by atoms with Crippen LogP contribution in [-0.2, 0) is 16.0 Å². The van der Waals surface area contributed by atoms with Crippen molar-refractivity contribution in [3.05, 3.63) is 29.6 Å². The summed E-state index contributed by atoms with van der Waals surface area (Å²) in [6.07, 6.45) is 3.80. The van der Waals surface area contributed by atoms with Gasteiger partial charge in [-0.05, 0) is 37.3 Å². The average molecular weight is 278 g/mol. The fourth-order valence-electron chi connectivity index (χ4n) is 1.80. The van der Waals surface area contributed by atoms with Crippen LogP contribution in [0.15, 0.2) is 18.3 Å². The smallest absolute Gasteiger partial charge is 0.224 e. The number of nitrogens with zero attached hydrogens (tertiary/aromatic N) is 1. The Morgan fingerprint density at radius 1 is 1.55 bits per heavy atom. The number of pyridine rings is 1. The Labute approximate surface area is 119 Å². The number of amides is 1. The number of aryl methyl sites for hydroxylation is 1. The number of aliphatic hydroxyl groups excluding tert-OH is 1. The van der Waals surface area contributed by atoms with E-state index in [1.807, 2.05) is 19.1 Å². The van der Waals surface area contributed by atoms with Crippen LogP contribution in [0.3, 0.4) is 0 Å². The second-order valence-corrected chi connectivity index (χ2v) is 5.42. The first kappa shape index (κ1) is 14.9. The van der Waals surface area contributed by atoms with Crippen molar-refractivity contribution < 1.29 is 14.6 Å². The molecule has 1 aromatic heterocycles. The van der Waals surface area contributed by atoms with Crippen molar-refractivity contribution in [1.82, 2.24) is 10.3 Å². The van der Waals surface area contributed by atoms with Gasteiger partial charge < -0.3 is 15.2 Å². The summed E-state index contributed by atoms with van der Waals surface area (Å²) in [6, 6.07) is 3.76. The summed E-state index contributed by atoms with van der Waals surface area (Å²) in [5, 5.41) is 12.4. The highest BCUT2D eigenvalue weighted by molar-refractivity contribution is 5.78. The van der Waals surface area contributed by atoms with Gasteiger partial charge in [-0.15, -0.1) is 0 Å². The third-order valence-electron chi connectivity index (χ3n) is 3.23. The third-order valence-corrected chi connectivity index (χ3v) is 3.23. The fraction of sp³-hybridized carbons (Fsp3) is 0.600. The zero-order valence-corrected chi connectivity index (χ0v) is 11.8. The van der Waals surface area contributed by atoms with Crippen molar-refractivity contribution in [3.63, 3.8) is 0 Å². The van der Waals surface area contributed by atoms with E-state index in [2.05, 4.69) is 10.3 Å². The van der Waals surface area contributed by atoms with E-state index in [0.29, 0.717) is 5.92 Å². The quantitative estimate of drug-likeness (QED) is 0.739. The van der Waals surface area contributed by atoms with E-state index in [1.165, 1.54) is 12.8 Å². The third kappa shape index (κ3) is 5.67. The number of nitrogens with one attached hydrogen (secondary N) is 1. The van der Waals surface area contributed by atoms with Gasteiger partial charge in [-0.3, -0.25) is 9.78 Å². The van der Waals surface area contributed by atoms with Gasteiger partial charge in [0.25, 0.3) is 0 Å². The number of hydrogen-bond acceptors (Lipinski definition) is 4. The summed E-state index contributed by atoms with van der Waals surface area (Å²) in [5.74, 6) is 0.572. The van der Waals surface area contributed by atoms with E-state index in [9.17, 15) is 9.90 Å². The Hall–Kier alpha value is -1.46. The van der Waals surface area contributed by atoms with Gasteiger partial charge in [-0.25, -0.2) is 0 Å². The molecule has 2 rings (SSSR count). The molecule has 5 nitrogen and oxygen atoms in total. The summed E-state index contributed by atoms with van der Waals surface area (Å²) in [5.41, 5.74) is 1.80. The maximum Gasteiger partial charge on any atom is 0.224 e. The number of rotatable bonds is 8. The van der Waals surface area contributed by atoms with Gasteiger partial charge in [0.1, 0.15) is 0 Å². The van der Waals surface area contributed by atoms with Gasteiger partial charge >= 0.3 is 0 Å². The van der Waals surface area contributed by atoms with Crippen molar-refractivity contribution in [3.8, 4) is 0 Å². The zero-order chi connectivity index (χ0) is 14.4. The standard InChI is InChI=1S/C15H22N2O3/c1-11-2-3-13(7-16-11)6-15(19)17-8-14(18)10-20-9-12-4-5-12/h2-3,7,12,14,18H,4-6,8-10H2,1H3,(H,17,19). The fourth-order valence-corrected chi connectivity index (χ4v) is 1.80. The first-order valence-corrected chi connectivity index (χ1v) is 7.07. The average Bonchev–Trinajstić information content (AvgIpc) is 3.23. The molecule has 0 aliphatic heterocycles. The lowest BCUT2D eigenvalue weighted by molar-refractivity contribution is -0.121. The van der Waals surface area contributed by atoms with Crippen molar-refractivity contribution in [1.29, 1.82) is 0 Å². The second-order valence-electron chi connectivity index (χ2n) is 5.42. The Balaban J connectivity index is 1.59. The van der Waals surface area contributed by atoms with Gasteiger partial charge in [0.05, 0.1) is 19.1 Å². The van der Waals surface area contributed by atoms with Gasteiger partial charge in [-0.1, -0.05) is 6.07 Å². The summed E-state index contributed by atoms with van der Waals surface area (Å²) in [6.45, 7) is 3.13. The minimum Gasteiger partial charge on any atom is -0.389 e. The second kappa shape index (κ2) is 7.36. The molecule has 0 aromatic carbocycles. The van der Waals surface area contributed by atoms with Gasteiger partial charge in [-0.2, -0.15) is 0 Å². The summed E-state index contributed by atoms with van der Waals surface area (Å²) < 4.78 is 5.37. The van der Waals surface area contributed by atoms with E-state index < -0.39 is 6.10 Å². The van der Waals surface area contributed by atoms with Crippen LogP contribution in [0.4, 0.5) is 0 Å². The lowest BCUT2D eigenvalue weighted by atomic mass is 10.2. The molecule has 2 N–H and O–H groups in total. The number of carbonyl (C=O) groups is 1. The van der Waals surface area contributed by atoms with Crippen LogP contribution in [0, 0.1) is 12.8 Å². The molecule has 0 spiro atoms. The minimum absolute atomic E-state index is 0.114. The molecule has 1 saturated carbocycles. The van der Waals surface area contributed by atoms with Crippen molar-refractivity contribution >= 4 is 5.91 Å². The number of aliphatic hydroxyl groups is 1. The molecule has 1 fully saturated rings. The monoisotopic (exact) mass is 278 g/mol. The number of carbonyl (C=O) groups excluding carboxylic acids is 1.